The van der Waals surface area contributed by atoms with Gasteiger partial charge in [-0.2, -0.15) is 0 Å². The average molecular weight is 317 g/mol. The van der Waals surface area contributed by atoms with E-state index in [4.69, 9.17) is 4.74 Å². The first kappa shape index (κ1) is 19.2. The minimum Gasteiger partial charge on any atom is -0.482 e. The van der Waals surface area contributed by atoms with Gasteiger partial charge in [0.15, 0.2) is 6.61 Å². The molecule has 0 aliphatic heterocycles. The molecule has 0 spiro atoms. The molecule has 0 bridgehead atoms. The Kier molecular flexibility index (Phi) is 10.0. The summed E-state index contributed by atoms with van der Waals surface area (Å²) in [4.78, 5) is 22.4. The van der Waals surface area contributed by atoms with Crippen molar-refractivity contribution >= 4 is 24.3 Å². The van der Waals surface area contributed by atoms with Crippen LogP contribution in [0.1, 0.15) is 12.0 Å². The molecule has 0 heterocycles. The summed E-state index contributed by atoms with van der Waals surface area (Å²) in [6.07, 6.45) is 0.440. The van der Waals surface area contributed by atoms with Gasteiger partial charge in [-0.25, -0.2) is 4.79 Å². The standard InChI is InChI=1S/C14H20N2O4.ClH/c1-15-7-6-13(17)16-9-11-4-3-5-12(8-11)20-10-14(18)19-2;/h3-5,8,15H,6-7,9-10H2,1-2H3,(H,16,17);1H. The van der Waals surface area contributed by atoms with Crippen molar-refractivity contribution < 1.29 is 19.1 Å². The van der Waals surface area contributed by atoms with Crippen LogP contribution in [-0.2, 0) is 20.9 Å². The Morgan fingerprint density at radius 3 is 2.71 bits per heavy atom. The zero-order valence-corrected chi connectivity index (χ0v) is 13.0. The summed E-state index contributed by atoms with van der Waals surface area (Å²) in [6.45, 7) is 0.945. The Balaban J connectivity index is 0.00000400. The first-order valence-electron chi connectivity index (χ1n) is 6.35. The van der Waals surface area contributed by atoms with E-state index in [2.05, 4.69) is 15.4 Å². The van der Waals surface area contributed by atoms with Crippen LogP contribution < -0.4 is 15.4 Å². The highest BCUT2D eigenvalue weighted by Gasteiger charge is 2.04. The number of benzene rings is 1. The van der Waals surface area contributed by atoms with Crippen LogP contribution >= 0.6 is 12.4 Å². The molecular weight excluding hydrogens is 296 g/mol. The fourth-order valence-electron chi connectivity index (χ4n) is 1.47. The van der Waals surface area contributed by atoms with Crippen molar-refractivity contribution in [2.45, 2.75) is 13.0 Å². The number of carbonyl (C=O) groups excluding carboxylic acids is 2. The molecule has 0 aromatic heterocycles. The number of nitrogens with one attached hydrogen (secondary N) is 2. The summed E-state index contributed by atoms with van der Waals surface area (Å²) in [7, 11) is 3.11. The van der Waals surface area contributed by atoms with E-state index >= 15 is 0 Å². The van der Waals surface area contributed by atoms with Gasteiger partial charge in [0.25, 0.3) is 0 Å². The highest BCUT2D eigenvalue weighted by atomic mass is 35.5. The molecule has 1 aromatic rings. The maximum Gasteiger partial charge on any atom is 0.343 e. The van der Waals surface area contributed by atoms with Crippen molar-refractivity contribution in [1.29, 1.82) is 0 Å². The molecule has 0 radical (unpaired) electrons. The Morgan fingerprint density at radius 2 is 2.05 bits per heavy atom. The fraction of sp³-hybridized carbons (Fsp3) is 0.429. The minimum absolute atomic E-state index is 0. The van der Waals surface area contributed by atoms with Gasteiger partial charge in [0.05, 0.1) is 7.11 Å². The predicted octanol–water partition coefficient (Wildman–Crippen LogP) is 0.886. The molecule has 7 heteroatoms. The van der Waals surface area contributed by atoms with E-state index in [0.29, 0.717) is 25.3 Å². The molecule has 6 nitrogen and oxygen atoms in total. The lowest BCUT2D eigenvalue weighted by molar-refractivity contribution is -0.142. The van der Waals surface area contributed by atoms with E-state index in [1.807, 2.05) is 12.1 Å². The number of halogens is 1. The Morgan fingerprint density at radius 1 is 1.29 bits per heavy atom. The number of esters is 1. The van der Waals surface area contributed by atoms with Crippen LogP contribution in [-0.4, -0.2) is 39.2 Å². The monoisotopic (exact) mass is 316 g/mol. The Labute approximate surface area is 130 Å². The van der Waals surface area contributed by atoms with Gasteiger partial charge in [-0.05, 0) is 24.7 Å². The van der Waals surface area contributed by atoms with Gasteiger partial charge in [0.2, 0.25) is 5.91 Å². The molecule has 21 heavy (non-hydrogen) atoms. The number of rotatable bonds is 8. The van der Waals surface area contributed by atoms with Gasteiger partial charge >= 0.3 is 5.97 Å². The lowest BCUT2D eigenvalue weighted by Gasteiger charge is -2.08. The second-order valence-electron chi connectivity index (χ2n) is 4.14. The van der Waals surface area contributed by atoms with E-state index in [9.17, 15) is 9.59 Å². The SMILES string of the molecule is CNCCC(=O)NCc1cccc(OCC(=O)OC)c1.Cl. The van der Waals surface area contributed by atoms with Crippen molar-refractivity contribution in [3.05, 3.63) is 29.8 Å². The first-order valence-corrected chi connectivity index (χ1v) is 6.35. The summed E-state index contributed by atoms with van der Waals surface area (Å²) < 4.78 is 9.77. The van der Waals surface area contributed by atoms with Gasteiger partial charge in [0.1, 0.15) is 5.75 Å². The van der Waals surface area contributed by atoms with E-state index in [0.717, 1.165) is 5.56 Å². The van der Waals surface area contributed by atoms with Crippen molar-refractivity contribution in [1.82, 2.24) is 10.6 Å². The second kappa shape index (κ2) is 10.9. The molecule has 0 unspecified atom stereocenters. The highest BCUT2D eigenvalue weighted by molar-refractivity contribution is 5.85. The van der Waals surface area contributed by atoms with Crippen LogP contribution in [0.3, 0.4) is 0 Å². The molecule has 0 aliphatic rings. The predicted molar refractivity (Wildman–Crippen MR) is 81.6 cm³/mol. The van der Waals surface area contributed by atoms with Crippen molar-refractivity contribution in [3.8, 4) is 5.75 Å². The van der Waals surface area contributed by atoms with Crippen molar-refractivity contribution in [2.24, 2.45) is 0 Å². The zero-order chi connectivity index (χ0) is 14.8. The lowest BCUT2D eigenvalue weighted by atomic mass is 10.2. The summed E-state index contributed by atoms with van der Waals surface area (Å²) in [5.41, 5.74) is 0.908. The topological polar surface area (TPSA) is 76.7 Å². The van der Waals surface area contributed by atoms with Crippen LogP contribution in [0.4, 0.5) is 0 Å². The van der Waals surface area contributed by atoms with Crippen LogP contribution in [0.15, 0.2) is 24.3 Å². The summed E-state index contributed by atoms with van der Waals surface area (Å²) in [6, 6.07) is 7.21. The third-order valence-corrected chi connectivity index (χ3v) is 2.57. The molecule has 0 fully saturated rings. The van der Waals surface area contributed by atoms with Gasteiger partial charge in [-0.1, -0.05) is 12.1 Å². The smallest absolute Gasteiger partial charge is 0.343 e. The molecule has 118 valence electrons. The Hall–Kier alpha value is -1.79. The van der Waals surface area contributed by atoms with Gasteiger partial charge in [0, 0.05) is 19.5 Å². The molecule has 0 saturated carbocycles. The lowest BCUT2D eigenvalue weighted by Crippen LogP contribution is -2.26. The van der Waals surface area contributed by atoms with Gasteiger partial charge in [-0.3, -0.25) is 4.79 Å². The zero-order valence-electron chi connectivity index (χ0n) is 12.2. The first-order chi connectivity index (χ1) is 9.65. The van der Waals surface area contributed by atoms with E-state index in [1.54, 1.807) is 19.2 Å². The molecule has 1 aromatic carbocycles. The Bertz CT molecular complexity index is 454. The molecule has 2 N–H and O–H groups in total. The van der Waals surface area contributed by atoms with Crippen LogP contribution in [0, 0.1) is 0 Å². The summed E-state index contributed by atoms with van der Waals surface area (Å²) in [5, 5.41) is 5.73. The fourth-order valence-corrected chi connectivity index (χ4v) is 1.47. The van der Waals surface area contributed by atoms with E-state index < -0.39 is 5.97 Å². The highest BCUT2D eigenvalue weighted by Crippen LogP contribution is 2.13. The van der Waals surface area contributed by atoms with E-state index in [1.165, 1.54) is 7.11 Å². The number of methoxy groups -OCH3 is 1. The molecule has 1 rings (SSSR count). The number of amides is 1. The van der Waals surface area contributed by atoms with Crippen molar-refractivity contribution in [3.63, 3.8) is 0 Å². The van der Waals surface area contributed by atoms with Crippen LogP contribution in [0.2, 0.25) is 0 Å². The number of carbonyl (C=O) groups is 2. The van der Waals surface area contributed by atoms with Gasteiger partial charge in [-0.15, -0.1) is 12.4 Å². The molecule has 1 amide bonds. The molecule has 0 atom stereocenters. The second-order valence-corrected chi connectivity index (χ2v) is 4.14. The number of ether oxygens (including phenoxy) is 2. The third kappa shape index (κ3) is 8.16. The normalized spacial score (nSPS) is 9.43. The number of hydrogen-bond donors (Lipinski definition) is 2. The van der Waals surface area contributed by atoms with Crippen LogP contribution in [0.25, 0.3) is 0 Å². The van der Waals surface area contributed by atoms with Crippen LogP contribution in [0.5, 0.6) is 5.75 Å². The number of hydrogen-bond acceptors (Lipinski definition) is 5. The minimum atomic E-state index is -0.434. The third-order valence-electron chi connectivity index (χ3n) is 2.57. The van der Waals surface area contributed by atoms with Crippen molar-refractivity contribution in [2.75, 3.05) is 27.3 Å². The maximum absolute atomic E-state index is 11.5. The molecular formula is C14H21ClN2O4. The average Bonchev–Trinajstić information content (AvgIpc) is 2.48. The molecule has 0 saturated heterocycles. The quantitative estimate of drug-likeness (QED) is 0.696. The van der Waals surface area contributed by atoms with Gasteiger partial charge < -0.3 is 20.1 Å². The largest absolute Gasteiger partial charge is 0.482 e. The summed E-state index contributed by atoms with van der Waals surface area (Å²) >= 11 is 0. The summed E-state index contributed by atoms with van der Waals surface area (Å²) in [5.74, 6) is 0.119. The molecule has 0 aliphatic carbocycles. The van der Waals surface area contributed by atoms with E-state index in [-0.39, 0.29) is 24.9 Å². The maximum atomic E-state index is 11.5.